The van der Waals surface area contributed by atoms with Crippen molar-refractivity contribution in [2.45, 2.75) is 11.8 Å². The number of anilines is 1. The molecule has 122 valence electrons. The lowest BCUT2D eigenvalue weighted by Crippen LogP contribution is -2.14. The Balaban J connectivity index is 1.94. The molecule has 2 aromatic carbocycles. The lowest BCUT2D eigenvalue weighted by Gasteiger charge is -2.07. The molecular formula is C16H13N3O4S. The summed E-state index contributed by atoms with van der Waals surface area (Å²) in [5.41, 5.74) is 1.50. The lowest BCUT2D eigenvalue weighted by atomic mass is 10.1. The Kier molecular flexibility index (Phi) is 4.22. The number of aromatic nitrogens is 1. The number of nitro groups is 1. The van der Waals surface area contributed by atoms with E-state index >= 15 is 0 Å². The maximum absolute atomic E-state index is 12.5. The molecule has 3 aromatic rings. The van der Waals surface area contributed by atoms with Crippen molar-refractivity contribution in [2.75, 3.05) is 11.6 Å². The molecule has 0 aliphatic heterocycles. The van der Waals surface area contributed by atoms with Crippen molar-refractivity contribution < 1.29 is 14.1 Å². The number of aryl methyl sites for hydroxylation is 1. The fourth-order valence-electron chi connectivity index (χ4n) is 2.30. The summed E-state index contributed by atoms with van der Waals surface area (Å²) >= 11 is 1.41. The van der Waals surface area contributed by atoms with Crippen molar-refractivity contribution in [3.05, 3.63) is 58.0 Å². The summed E-state index contributed by atoms with van der Waals surface area (Å²) in [6.07, 6.45) is 1.84. The van der Waals surface area contributed by atoms with E-state index in [-0.39, 0.29) is 11.3 Å². The van der Waals surface area contributed by atoms with E-state index in [0.717, 1.165) is 4.90 Å². The number of amides is 1. The lowest BCUT2D eigenvalue weighted by molar-refractivity contribution is -0.385. The van der Waals surface area contributed by atoms with Gasteiger partial charge in [-0.25, -0.2) is 4.98 Å². The zero-order chi connectivity index (χ0) is 17.3. The van der Waals surface area contributed by atoms with Gasteiger partial charge in [-0.3, -0.25) is 14.9 Å². The Bertz CT molecular complexity index is 952. The van der Waals surface area contributed by atoms with Gasteiger partial charge in [0.05, 0.1) is 4.92 Å². The van der Waals surface area contributed by atoms with E-state index in [1.807, 2.05) is 6.26 Å². The van der Waals surface area contributed by atoms with Crippen LogP contribution in [0, 0.1) is 17.0 Å². The molecule has 0 aliphatic rings. The SMILES string of the molecule is CSc1ccc([N+](=O)[O-])c(C(=O)Nc2ccc3oc(C)nc3c2)c1. The van der Waals surface area contributed by atoms with Gasteiger partial charge in [-0.1, -0.05) is 0 Å². The normalized spacial score (nSPS) is 10.8. The predicted octanol–water partition coefficient (Wildman–Crippen LogP) is 4.02. The summed E-state index contributed by atoms with van der Waals surface area (Å²) < 4.78 is 5.38. The number of fused-ring (bicyclic) bond motifs is 1. The second kappa shape index (κ2) is 6.32. The van der Waals surface area contributed by atoms with E-state index in [9.17, 15) is 14.9 Å². The highest BCUT2D eigenvalue weighted by Crippen LogP contribution is 2.26. The number of benzene rings is 2. The molecule has 3 rings (SSSR count). The molecule has 8 heteroatoms. The molecule has 0 spiro atoms. The minimum absolute atomic E-state index is 0.0169. The predicted molar refractivity (Wildman–Crippen MR) is 91.6 cm³/mol. The van der Waals surface area contributed by atoms with Crippen LogP contribution in [0.3, 0.4) is 0 Å². The monoisotopic (exact) mass is 343 g/mol. The third-order valence-corrected chi connectivity index (χ3v) is 4.12. The summed E-state index contributed by atoms with van der Waals surface area (Å²) in [6, 6.07) is 9.48. The van der Waals surface area contributed by atoms with E-state index in [4.69, 9.17) is 4.42 Å². The number of carbonyl (C=O) groups is 1. The highest BCUT2D eigenvalue weighted by Gasteiger charge is 2.21. The molecule has 0 unspecified atom stereocenters. The van der Waals surface area contributed by atoms with Gasteiger partial charge in [0.25, 0.3) is 11.6 Å². The maximum atomic E-state index is 12.5. The Morgan fingerprint density at radius 1 is 1.29 bits per heavy atom. The molecule has 0 saturated heterocycles. The van der Waals surface area contributed by atoms with Gasteiger partial charge in [-0.15, -0.1) is 11.8 Å². The van der Waals surface area contributed by atoms with E-state index in [2.05, 4.69) is 10.3 Å². The summed E-state index contributed by atoms with van der Waals surface area (Å²) in [4.78, 5) is 28.0. The first-order valence-electron chi connectivity index (χ1n) is 6.99. The van der Waals surface area contributed by atoms with E-state index < -0.39 is 10.8 Å². The first-order chi connectivity index (χ1) is 11.5. The highest BCUT2D eigenvalue weighted by molar-refractivity contribution is 7.98. The first-order valence-corrected chi connectivity index (χ1v) is 8.21. The van der Waals surface area contributed by atoms with Crippen molar-refractivity contribution in [1.29, 1.82) is 0 Å². The third-order valence-electron chi connectivity index (χ3n) is 3.40. The molecule has 0 fully saturated rings. The van der Waals surface area contributed by atoms with Gasteiger partial charge in [0.1, 0.15) is 11.1 Å². The molecule has 0 saturated carbocycles. The zero-order valence-electron chi connectivity index (χ0n) is 12.9. The molecule has 1 heterocycles. The number of thioether (sulfide) groups is 1. The van der Waals surface area contributed by atoms with Gasteiger partial charge in [0.15, 0.2) is 11.5 Å². The summed E-state index contributed by atoms with van der Waals surface area (Å²) in [5, 5.41) is 13.8. The number of carbonyl (C=O) groups excluding carboxylic acids is 1. The van der Waals surface area contributed by atoms with Crippen molar-refractivity contribution in [1.82, 2.24) is 4.98 Å². The zero-order valence-corrected chi connectivity index (χ0v) is 13.7. The van der Waals surface area contributed by atoms with Gasteiger partial charge in [-0.05, 0) is 36.6 Å². The van der Waals surface area contributed by atoms with Crippen LogP contribution >= 0.6 is 11.8 Å². The van der Waals surface area contributed by atoms with Crippen LogP contribution < -0.4 is 5.32 Å². The topological polar surface area (TPSA) is 98.3 Å². The smallest absolute Gasteiger partial charge is 0.282 e. The van der Waals surface area contributed by atoms with E-state index in [1.165, 1.54) is 23.9 Å². The minimum atomic E-state index is -0.566. The minimum Gasteiger partial charge on any atom is -0.441 e. The van der Waals surface area contributed by atoms with Crippen LogP contribution in [0.1, 0.15) is 16.2 Å². The summed E-state index contributed by atoms with van der Waals surface area (Å²) in [6.45, 7) is 1.73. The number of nitrogens with zero attached hydrogens (tertiary/aromatic N) is 2. The van der Waals surface area contributed by atoms with Gasteiger partial charge in [-0.2, -0.15) is 0 Å². The number of nitro benzene ring substituents is 1. The average Bonchev–Trinajstić information content (AvgIpc) is 2.93. The van der Waals surface area contributed by atoms with Crippen LogP contribution in [-0.2, 0) is 0 Å². The molecule has 1 N–H and O–H groups in total. The Labute approximate surface area is 141 Å². The number of nitrogens with one attached hydrogen (secondary N) is 1. The van der Waals surface area contributed by atoms with E-state index in [1.54, 1.807) is 31.2 Å². The van der Waals surface area contributed by atoms with Gasteiger partial charge in [0.2, 0.25) is 0 Å². The van der Waals surface area contributed by atoms with E-state index in [0.29, 0.717) is 22.7 Å². The second-order valence-corrected chi connectivity index (χ2v) is 5.89. The molecule has 0 radical (unpaired) electrons. The largest absolute Gasteiger partial charge is 0.441 e. The van der Waals surface area contributed by atoms with Gasteiger partial charge >= 0.3 is 0 Å². The molecule has 24 heavy (non-hydrogen) atoms. The number of rotatable bonds is 4. The second-order valence-electron chi connectivity index (χ2n) is 5.01. The quantitative estimate of drug-likeness (QED) is 0.436. The summed E-state index contributed by atoms with van der Waals surface area (Å²) in [7, 11) is 0. The van der Waals surface area contributed by atoms with Crippen LogP contribution in [0.25, 0.3) is 11.1 Å². The maximum Gasteiger partial charge on any atom is 0.282 e. The van der Waals surface area contributed by atoms with Crippen LogP contribution in [-0.4, -0.2) is 22.1 Å². The van der Waals surface area contributed by atoms with Gasteiger partial charge < -0.3 is 9.73 Å². The van der Waals surface area contributed by atoms with Crippen LogP contribution in [0.5, 0.6) is 0 Å². The third kappa shape index (κ3) is 3.09. The van der Waals surface area contributed by atoms with Crippen LogP contribution in [0.15, 0.2) is 45.7 Å². The molecule has 0 bridgehead atoms. The standard InChI is InChI=1S/C16H13N3O4S/c1-9-17-13-7-10(3-6-15(13)23-9)18-16(20)12-8-11(24-2)4-5-14(12)19(21)22/h3-8H,1-2H3,(H,18,20). The molecular weight excluding hydrogens is 330 g/mol. The van der Waals surface area contributed by atoms with Crippen molar-refractivity contribution in [3.8, 4) is 0 Å². The fourth-order valence-corrected chi connectivity index (χ4v) is 2.74. The number of hydrogen-bond acceptors (Lipinski definition) is 6. The van der Waals surface area contributed by atoms with Crippen molar-refractivity contribution >= 4 is 40.1 Å². The number of oxazole rings is 1. The highest BCUT2D eigenvalue weighted by atomic mass is 32.2. The summed E-state index contributed by atoms with van der Waals surface area (Å²) in [5.74, 6) is -0.0195. The Morgan fingerprint density at radius 2 is 2.08 bits per heavy atom. The molecule has 1 aromatic heterocycles. The molecule has 0 atom stereocenters. The van der Waals surface area contributed by atoms with Crippen LogP contribution in [0.2, 0.25) is 0 Å². The average molecular weight is 343 g/mol. The fraction of sp³-hybridized carbons (Fsp3) is 0.125. The molecule has 7 nitrogen and oxygen atoms in total. The van der Waals surface area contributed by atoms with Crippen LogP contribution in [0.4, 0.5) is 11.4 Å². The Morgan fingerprint density at radius 3 is 2.79 bits per heavy atom. The first kappa shape index (κ1) is 16.0. The number of hydrogen-bond donors (Lipinski definition) is 1. The van der Waals surface area contributed by atoms with Crippen molar-refractivity contribution in [2.24, 2.45) is 0 Å². The van der Waals surface area contributed by atoms with Gasteiger partial charge in [0, 0.05) is 23.6 Å². The van der Waals surface area contributed by atoms with Crippen molar-refractivity contribution in [3.63, 3.8) is 0 Å². The molecule has 1 amide bonds. The molecule has 0 aliphatic carbocycles. The Hall–Kier alpha value is -2.87.